The minimum atomic E-state index is -2.76. The van der Waals surface area contributed by atoms with E-state index in [4.69, 9.17) is 4.74 Å². The Morgan fingerprint density at radius 2 is 1.89 bits per heavy atom. The molecule has 9 nitrogen and oxygen atoms in total. The van der Waals surface area contributed by atoms with Crippen LogP contribution in [0, 0.1) is 5.92 Å². The second-order valence-electron chi connectivity index (χ2n) is 9.88. The highest BCUT2D eigenvalue weighted by atomic mass is 19.3. The largest absolute Gasteiger partial charge is 0.381 e. The zero-order chi connectivity index (χ0) is 25.5. The van der Waals surface area contributed by atoms with E-state index in [0.29, 0.717) is 37.4 Å². The lowest BCUT2D eigenvalue weighted by molar-refractivity contribution is -0.124. The predicted octanol–water partition coefficient (Wildman–Crippen LogP) is 2.98. The van der Waals surface area contributed by atoms with Crippen LogP contribution in [0.3, 0.4) is 0 Å². The standard InChI is InChI=1S/C25H29F2N5O4/c1-32-19(6-11-28-32)21(33)31-20(15-4-7-25(26,27)8-5-15)22(34)29-16-2-3-17-18(14-16)30-23(35)24(17)9-12-36-13-10-24/h2-3,6,11,14-15,20H,4-5,7-10,12-13H2,1H3,(H,29,34)(H,30,35)(H,31,33). The minimum Gasteiger partial charge on any atom is -0.381 e. The smallest absolute Gasteiger partial charge is 0.270 e. The van der Waals surface area contributed by atoms with Gasteiger partial charge in [-0.25, -0.2) is 8.78 Å². The summed E-state index contributed by atoms with van der Waals surface area (Å²) < 4.78 is 34.4. The second kappa shape index (κ2) is 9.27. The molecule has 3 heterocycles. The summed E-state index contributed by atoms with van der Waals surface area (Å²) >= 11 is 0. The van der Waals surface area contributed by atoms with Crippen molar-refractivity contribution in [3.8, 4) is 0 Å². The molecule has 5 rings (SSSR count). The molecule has 2 fully saturated rings. The number of aryl methyl sites for hydroxylation is 1. The summed E-state index contributed by atoms with van der Waals surface area (Å²) in [6.45, 7) is 1.01. The van der Waals surface area contributed by atoms with Crippen molar-refractivity contribution in [2.24, 2.45) is 13.0 Å². The van der Waals surface area contributed by atoms with E-state index in [1.807, 2.05) is 6.07 Å². The Kier molecular flexibility index (Phi) is 6.27. The quantitative estimate of drug-likeness (QED) is 0.583. The third-order valence-electron chi connectivity index (χ3n) is 7.69. The number of alkyl halides is 2. The number of rotatable bonds is 5. The van der Waals surface area contributed by atoms with Crippen molar-refractivity contribution < 1.29 is 27.9 Å². The minimum absolute atomic E-state index is 0.0753. The molecule has 1 atom stereocenters. The zero-order valence-electron chi connectivity index (χ0n) is 20.0. The average molecular weight is 502 g/mol. The molecule has 1 spiro atoms. The number of anilines is 2. The molecule has 11 heteroatoms. The van der Waals surface area contributed by atoms with Gasteiger partial charge in [-0.3, -0.25) is 19.1 Å². The second-order valence-corrected chi connectivity index (χ2v) is 9.88. The summed E-state index contributed by atoms with van der Waals surface area (Å²) in [7, 11) is 1.61. The fraction of sp³-hybridized carbons (Fsp3) is 0.520. The number of carbonyl (C=O) groups is 3. The van der Waals surface area contributed by atoms with Crippen molar-refractivity contribution in [1.29, 1.82) is 0 Å². The summed E-state index contributed by atoms with van der Waals surface area (Å²) in [6.07, 6.45) is 2.20. The van der Waals surface area contributed by atoms with Gasteiger partial charge in [0.1, 0.15) is 11.7 Å². The lowest BCUT2D eigenvalue weighted by Crippen LogP contribution is -2.50. The van der Waals surface area contributed by atoms with E-state index in [1.54, 1.807) is 19.2 Å². The number of amides is 3. The van der Waals surface area contributed by atoms with Crippen molar-refractivity contribution >= 4 is 29.1 Å². The number of hydrogen-bond donors (Lipinski definition) is 3. The van der Waals surface area contributed by atoms with Crippen molar-refractivity contribution in [1.82, 2.24) is 15.1 Å². The van der Waals surface area contributed by atoms with Gasteiger partial charge in [-0.2, -0.15) is 5.10 Å². The number of ether oxygens (including phenoxy) is 1. The summed E-state index contributed by atoms with van der Waals surface area (Å²) in [5, 5.41) is 12.5. The summed E-state index contributed by atoms with van der Waals surface area (Å²) in [5.74, 6) is -4.28. The molecule has 1 saturated carbocycles. The summed E-state index contributed by atoms with van der Waals surface area (Å²) in [5.41, 5.74) is 1.60. The van der Waals surface area contributed by atoms with Gasteiger partial charge in [-0.15, -0.1) is 0 Å². The van der Waals surface area contributed by atoms with Crippen LogP contribution >= 0.6 is 0 Å². The molecule has 36 heavy (non-hydrogen) atoms. The number of aromatic nitrogens is 2. The van der Waals surface area contributed by atoms with Gasteiger partial charge in [0.25, 0.3) is 5.91 Å². The molecule has 3 aliphatic rings. The highest BCUT2D eigenvalue weighted by Crippen LogP contribution is 2.45. The first-order valence-electron chi connectivity index (χ1n) is 12.2. The van der Waals surface area contributed by atoms with Gasteiger partial charge in [0.15, 0.2) is 0 Å². The third-order valence-corrected chi connectivity index (χ3v) is 7.69. The molecule has 1 aromatic carbocycles. The fourth-order valence-corrected chi connectivity index (χ4v) is 5.55. The van der Waals surface area contributed by atoms with Crippen LogP contribution in [0.15, 0.2) is 30.5 Å². The SMILES string of the molecule is Cn1nccc1C(=O)NC(C(=O)Nc1ccc2c(c1)NC(=O)C21CCOCC1)C1CCC(F)(F)CC1. The number of fused-ring (bicyclic) bond motifs is 2. The van der Waals surface area contributed by atoms with E-state index < -0.39 is 35.1 Å². The molecule has 1 unspecified atom stereocenters. The maximum Gasteiger partial charge on any atom is 0.270 e. The van der Waals surface area contributed by atoms with Gasteiger partial charge in [-0.1, -0.05) is 6.07 Å². The fourth-order valence-electron chi connectivity index (χ4n) is 5.55. The van der Waals surface area contributed by atoms with Crippen LogP contribution in [-0.4, -0.2) is 52.7 Å². The first kappa shape index (κ1) is 24.4. The number of nitrogens with zero attached hydrogens (tertiary/aromatic N) is 2. The van der Waals surface area contributed by atoms with Crippen molar-refractivity contribution in [2.45, 2.75) is 55.9 Å². The van der Waals surface area contributed by atoms with Gasteiger partial charge in [0.05, 0.1) is 5.41 Å². The van der Waals surface area contributed by atoms with E-state index in [1.165, 1.54) is 16.9 Å². The molecule has 192 valence electrons. The molecular weight excluding hydrogens is 472 g/mol. The molecule has 2 aliphatic heterocycles. The van der Waals surface area contributed by atoms with Gasteiger partial charge in [0.2, 0.25) is 17.7 Å². The zero-order valence-corrected chi connectivity index (χ0v) is 20.0. The van der Waals surface area contributed by atoms with Crippen LogP contribution in [0.5, 0.6) is 0 Å². The lowest BCUT2D eigenvalue weighted by atomic mass is 9.75. The molecule has 0 bridgehead atoms. The molecular formula is C25H29F2N5O4. The Bertz CT molecular complexity index is 1180. The van der Waals surface area contributed by atoms with Gasteiger partial charge < -0.3 is 20.7 Å². The third kappa shape index (κ3) is 4.47. The van der Waals surface area contributed by atoms with Crippen molar-refractivity contribution in [2.75, 3.05) is 23.8 Å². The number of benzene rings is 1. The number of hydrogen-bond acceptors (Lipinski definition) is 5. The number of halogens is 2. The highest BCUT2D eigenvalue weighted by molar-refractivity contribution is 6.07. The van der Waals surface area contributed by atoms with E-state index in [-0.39, 0.29) is 37.3 Å². The Balaban J connectivity index is 1.35. The summed E-state index contributed by atoms with van der Waals surface area (Å²) in [6, 6.07) is 5.77. The van der Waals surface area contributed by atoms with Crippen LogP contribution in [0.2, 0.25) is 0 Å². The van der Waals surface area contributed by atoms with Gasteiger partial charge in [-0.05, 0) is 55.4 Å². The Labute approximate surface area is 206 Å². The summed E-state index contributed by atoms with van der Waals surface area (Å²) in [4.78, 5) is 39.1. The molecule has 1 saturated heterocycles. The first-order valence-corrected chi connectivity index (χ1v) is 12.2. The lowest BCUT2D eigenvalue weighted by Gasteiger charge is -2.33. The van der Waals surface area contributed by atoms with Crippen molar-refractivity contribution in [3.05, 3.63) is 41.7 Å². The van der Waals surface area contributed by atoms with Crippen LogP contribution in [0.1, 0.15) is 54.6 Å². The topological polar surface area (TPSA) is 114 Å². The Morgan fingerprint density at radius 1 is 1.17 bits per heavy atom. The van der Waals surface area contributed by atoms with Gasteiger partial charge >= 0.3 is 0 Å². The van der Waals surface area contributed by atoms with E-state index in [2.05, 4.69) is 21.0 Å². The maximum atomic E-state index is 13.8. The molecule has 0 radical (unpaired) electrons. The van der Waals surface area contributed by atoms with Crippen LogP contribution in [0.25, 0.3) is 0 Å². The van der Waals surface area contributed by atoms with Crippen LogP contribution in [-0.2, 0) is 26.8 Å². The highest BCUT2D eigenvalue weighted by Gasteiger charge is 2.47. The molecule has 3 amide bonds. The van der Waals surface area contributed by atoms with E-state index in [0.717, 1.165) is 5.56 Å². The number of carbonyl (C=O) groups excluding carboxylic acids is 3. The van der Waals surface area contributed by atoms with E-state index in [9.17, 15) is 23.2 Å². The Hall–Kier alpha value is -3.34. The van der Waals surface area contributed by atoms with Crippen molar-refractivity contribution in [3.63, 3.8) is 0 Å². The molecule has 3 N–H and O–H groups in total. The van der Waals surface area contributed by atoms with Crippen LogP contribution in [0.4, 0.5) is 20.2 Å². The van der Waals surface area contributed by atoms with Crippen LogP contribution < -0.4 is 16.0 Å². The maximum absolute atomic E-state index is 13.8. The van der Waals surface area contributed by atoms with Gasteiger partial charge in [0, 0.05) is 50.7 Å². The monoisotopic (exact) mass is 501 g/mol. The molecule has 1 aromatic heterocycles. The average Bonchev–Trinajstić information content (AvgIpc) is 3.39. The molecule has 2 aromatic rings. The number of nitrogens with one attached hydrogen (secondary N) is 3. The first-order chi connectivity index (χ1) is 17.2. The van der Waals surface area contributed by atoms with E-state index >= 15 is 0 Å². The molecule has 1 aliphatic carbocycles. The Morgan fingerprint density at radius 3 is 2.56 bits per heavy atom. The normalized spacial score (nSPS) is 21.5. The predicted molar refractivity (Wildman–Crippen MR) is 127 cm³/mol.